The number of esters is 6. The van der Waals surface area contributed by atoms with Gasteiger partial charge in [-0.2, -0.15) is 0 Å². The van der Waals surface area contributed by atoms with Crippen molar-refractivity contribution in [3.8, 4) is 23.0 Å². The van der Waals surface area contributed by atoms with E-state index in [1.165, 1.54) is 57.5 Å². The summed E-state index contributed by atoms with van der Waals surface area (Å²) in [4.78, 5) is 162. The zero-order chi connectivity index (χ0) is 93.1. The topological polar surface area (TPSA) is 595 Å². The van der Waals surface area contributed by atoms with E-state index in [2.05, 4.69) is 14.8 Å². The molecule has 6 unspecified atom stereocenters. The van der Waals surface area contributed by atoms with Crippen LogP contribution in [0.5, 0.6) is 23.0 Å². The Balaban J connectivity index is 0.000000281. The van der Waals surface area contributed by atoms with Gasteiger partial charge >= 0.3 is 35.8 Å². The van der Waals surface area contributed by atoms with Gasteiger partial charge in [-0.25, -0.2) is 0 Å². The van der Waals surface area contributed by atoms with Crippen molar-refractivity contribution in [1.82, 2.24) is 5.32 Å². The van der Waals surface area contributed by atoms with E-state index in [0.717, 1.165) is 89.9 Å². The van der Waals surface area contributed by atoms with Gasteiger partial charge in [-0.3, -0.25) is 62.3 Å². The standard InChI is InChI=1S/C49H65NO18.C27H29NO11.C14H24O6/c1-28-44(58)32(50-35(54)18-11-7-3-4-9-13-20-37(56)68-38(57)21-14-10-6-5-8-12-19-36(55)65-27-64-2)22-39(66-28)67-33-24-49(63,34(53)26-52)23-31-41(33)48(62)43-42(46(31)60)45(59)30-17-15-16-29(25-51)40(30)47(43)61;1-10-22(32)14(28)5-17(38-10)39-15-7-27(37,16(31)9-30)6-13-19(15)26(36)21-20(24(13)34)23(33)12-4-2-3-11(8-29)18(12)25(21)35;1-12(15)20-14(17)10-8-6-4-3-5-7-9-13(16)19-11-18-2/h15-17,28,32-33,39,44,51-52,58,60,62-63H,3-14,18-27H2,1-2H3,(H,50,54);2-4,10,14-15,17,22,29-30,32,34,36-37H,5-9,28H2,1H3;3-11H2,1-2H3/t28?,32?,33-,39-,44?,49+;10?,14?,15-,17-,22?,27+;/m00./s1. The Morgan fingerprint density at radius 1 is 0.457 bits per heavy atom. The number of nitrogens with two attached hydrogens (primary N) is 1. The Hall–Kier alpha value is -9.81. The molecule has 1 amide bonds. The van der Waals surface area contributed by atoms with Gasteiger partial charge in [0.25, 0.3) is 0 Å². The summed E-state index contributed by atoms with van der Waals surface area (Å²) in [5.74, 6) is -11.2. The molecule has 2 saturated heterocycles. The van der Waals surface area contributed by atoms with Crippen molar-refractivity contribution in [3.63, 3.8) is 0 Å². The lowest BCUT2D eigenvalue weighted by molar-refractivity contribution is -0.249. The Labute approximate surface area is 732 Å². The van der Waals surface area contributed by atoms with Crippen molar-refractivity contribution in [2.24, 2.45) is 5.73 Å². The minimum absolute atomic E-state index is 0.00600. The first kappa shape index (κ1) is 103. The minimum Gasteiger partial charge on any atom is -0.507 e. The minimum atomic E-state index is -2.36. The van der Waals surface area contributed by atoms with Crippen LogP contribution in [0.1, 0.15) is 310 Å². The molecule has 127 heavy (non-hydrogen) atoms. The molecule has 4 aliphatic carbocycles. The molecule has 10 rings (SSSR count). The number of methoxy groups -OCH3 is 2. The molecule has 37 nitrogen and oxygen atoms in total. The van der Waals surface area contributed by atoms with Gasteiger partial charge in [0, 0.05) is 149 Å². The zero-order valence-electron chi connectivity index (χ0n) is 72.0. The van der Waals surface area contributed by atoms with E-state index in [4.69, 9.17) is 43.6 Å². The van der Waals surface area contributed by atoms with Crippen molar-refractivity contribution in [3.05, 3.63) is 114 Å². The highest BCUT2D eigenvalue weighted by Crippen LogP contribution is 2.55. The number of phenolic OH excluding ortho intramolecular Hbond substituents is 4. The smallest absolute Gasteiger partial charge is 0.313 e. The highest BCUT2D eigenvalue weighted by atomic mass is 16.7. The number of aliphatic hydroxyl groups excluding tert-OH is 6. The van der Waals surface area contributed by atoms with Crippen LogP contribution < -0.4 is 11.1 Å². The fourth-order valence-corrected chi connectivity index (χ4v) is 16.6. The summed E-state index contributed by atoms with van der Waals surface area (Å²) in [6.07, 6.45) is 4.49. The second kappa shape index (κ2) is 48.6. The summed E-state index contributed by atoms with van der Waals surface area (Å²) in [5, 5.41) is 132. The van der Waals surface area contributed by atoms with Crippen LogP contribution in [0, 0.1) is 0 Å². The van der Waals surface area contributed by atoms with Crippen LogP contribution in [0.15, 0.2) is 36.4 Å². The number of Topliss-reactive ketones (excluding diaryl/α,β-unsaturated/α-hetero) is 2. The van der Waals surface area contributed by atoms with Gasteiger partial charge in [0.05, 0.1) is 72.0 Å². The SMILES string of the molecule is CC1O[C@@H](O[C@H]2C[C@@](O)(C(=O)CO)Cc3c(O)c4c(c(O)c32)C(=O)c2c(CO)cccc2C4=O)CC(N)C1O.COCOC(=O)CCCCCCCCC(=O)OC(=O)CCCCCCCCC(=O)NC1C[C@H](O[C@H]2C[C@@](O)(C(=O)CO)Cc3c(O)c4c(c(O)c32)C(=O)c2c(CO)cccc2C4=O)OC(C)C1O.COCOC(=O)CCCCCCCCC(=O)OC(C)=O. The Bertz CT molecular complexity index is 4600. The first-order valence-electron chi connectivity index (χ1n) is 42.9. The first-order chi connectivity index (χ1) is 60.5. The molecular formula is C90H118N2O35. The monoisotopic (exact) mass is 1790 g/mol. The average molecular weight is 1790 g/mol. The summed E-state index contributed by atoms with van der Waals surface area (Å²) in [5.41, 5.74) is -1.77. The molecule has 0 aromatic heterocycles. The van der Waals surface area contributed by atoms with Crippen molar-refractivity contribution < 1.29 is 171 Å². The number of amides is 1. The van der Waals surface area contributed by atoms with Crippen LogP contribution in [-0.4, -0.2) is 239 Å². The normalized spacial score (nSPS) is 22.5. The molecule has 4 aromatic rings. The molecule has 6 aliphatic rings. The molecule has 37 heteroatoms. The average Bonchev–Trinajstić information content (AvgIpc) is 0.714. The number of hydrogen-bond donors (Lipinski definition) is 14. The lowest BCUT2D eigenvalue weighted by Crippen LogP contribution is -2.55. The summed E-state index contributed by atoms with van der Waals surface area (Å²) in [7, 11) is 2.92. The van der Waals surface area contributed by atoms with E-state index in [1.807, 2.05) is 0 Å². The lowest BCUT2D eigenvalue weighted by Gasteiger charge is -2.43. The van der Waals surface area contributed by atoms with Gasteiger partial charge in [0.15, 0.2) is 60.9 Å². The molecule has 12 atom stereocenters. The maximum atomic E-state index is 13.9. The van der Waals surface area contributed by atoms with E-state index in [1.54, 1.807) is 13.8 Å². The molecule has 2 heterocycles. The van der Waals surface area contributed by atoms with Crippen LogP contribution in [0.25, 0.3) is 0 Å². The predicted molar refractivity (Wildman–Crippen MR) is 441 cm³/mol. The molecule has 4 aromatic carbocycles. The lowest BCUT2D eigenvalue weighted by atomic mass is 9.71. The van der Waals surface area contributed by atoms with Crippen LogP contribution in [0.3, 0.4) is 0 Å². The molecule has 15 N–H and O–H groups in total. The number of aromatic hydroxyl groups is 4. The van der Waals surface area contributed by atoms with Crippen molar-refractivity contribution in [2.45, 2.75) is 299 Å². The van der Waals surface area contributed by atoms with Gasteiger partial charge in [0.2, 0.25) is 5.91 Å². The Kier molecular flexibility index (Phi) is 39.2. The van der Waals surface area contributed by atoms with Crippen molar-refractivity contribution >= 4 is 76.4 Å². The summed E-state index contributed by atoms with van der Waals surface area (Å²) < 4.78 is 52.1. The third-order valence-corrected chi connectivity index (χ3v) is 23.3. The molecule has 0 spiro atoms. The molecule has 0 bridgehead atoms. The van der Waals surface area contributed by atoms with Crippen molar-refractivity contribution in [2.75, 3.05) is 41.0 Å². The molecule has 0 saturated carbocycles. The number of benzene rings is 4. The van der Waals surface area contributed by atoms with Crippen molar-refractivity contribution in [1.29, 1.82) is 0 Å². The number of carbonyl (C=O) groups is 13. The maximum Gasteiger partial charge on any atom is 0.313 e. The van der Waals surface area contributed by atoms with Crippen LogP contribution in [-0.2, 0) is 117 Å². The van der Waals surface area contributed by atoms with E-state index < -0.39 is 228 Å². The second-order valence-corrected chi connectivity index (χ2v) is 32.6. The maximum absolute atomic E-state index is 13.9. The number of unbranched alkanes of at least 4 members (excludes halogenated alkanes) is 15. The van der Waals surface area contributed by atoms with Crippen LogP contribution >= 0.6 is 0 Å². The number of phenols is 4. The second-order valence-electron chi connectivity index (χ2n) is 32.6. The van der Waals surface area contributed by atoms with E-state index in [9.17, 15) is 124 Å². The number of ketones is 6. The Morgan fingerprint density at radius 3 is 1.17 bits per heavy atom. The number of aliphatic hydroxyl groups is 8. The summed E-state index contributed by atoms with van der Waals surface area (Å²) >= 11 is 0. The van der Waals surface area contributed by atoms with E-state index in [-0.39, 0.29) is 126 Å². The van der Waals surface area contributed by atoms with Crippen LogP contribution in [0.4, 0.5) is 0 Å². The molecule has 2 fully saturated rings. The van der Waals surface area contributed by atoms with E-state index in [0.29, 0.717) is 38.5 Å². The zero-order valence-corrected chi connectivity index (χ0v) is 72.0. The van der Waals surface area contributed by atoms with Gasteiger partial charge in [-0.05, 0) is 63.5 Å². The molecular weight excluding hydrogens is 1670 g/mol. The highest BCUT2D eigenvalue weighted by molar-refractivity contribution is 6.32. The third-order valence-electron chi connectivity index (χ3n) is 23.3. The van der Waals surface area contributed by atoms with Crippen LogP contribution in [0.2, 0.25) is 0 Å². The number of rotatable bonds is 42. The summed E-state index contributed by atoms with van der Waals surface area (Å²) in [6, 6.07) is 6.86. The largest absolute Gasteiger partial charge is 0.507 e. The number of carbonyl (C=O) groups excluding carboxylic acids is 13. The number of ether oxygens (including phenoxy) is 10. The highest BCUT2D eigenvalue weighted by Gasteiger charge is 2.53. The summed E-state index contributed by atoms with van der Waals surface area (Å²) in [6.45, 7) is 1.01. The van der Waals surface area contributed by atoms with Gasteiger partial charge in [0.1, 0.15) is 53.5 Å². The fourth-order valence-electron chi connectivity index (χ4n) is 16.6. The quantitative estimate of drug-likeness (QED) is 0.00527. The predicted octanol–water partition coefficient (Wildman–Crippen LogP) is 5.93. The third kappa shape index (κ3) is 26.5. The fraction of sp³-hybridized carbons (Fsp3) is 0.589. The van der Waals surface area contributed by atoms with Gasteiger partial charge < -0.3 is 120 Å². The molecule has 698 valence electrons. The Morgan fingerprint density at radius 2 is 0.803 bits per heavy atom. The first-order valence-corrected chi connectivity index (χ1v) is 42.9. The van der Waals surface area contributed by atoms with E-state index >= 15 is 0 Å². The molecule has 0 radical (unpaired) electrons. The number of fused-ring (bicyclic) bond motifs is 6. The number of hydrogen-bond acceptors (Lipinski definition) is 36. The van der Waals surface area contributed by atoms with Gasteiger partial charge in [-0.1, -0.05) is 113 Å². The molecule has 2 aliphatic heterocycles. The van der Waals surface area contributed by atoms with Gasteiger partial charge in [-0.15, -0.1) is 0 Å². The number of nitrogens with one attached hydrogen (secondary N) is 1.